The first-order valence-corrected chi connectivity index (χ1v) is 7.15. The average molecular weight is 343 g/mol. The number of sulfonamides is 1. The predicted molar refractivity (Wildman–Crippen MR) is 66.6 cm³/mol. The number of nitrogens with one attached hydrogen (secondary N) is 1. The number of aliphatic carboxylic acids is 1. The van der Waals surface area contributed by atoms with Crippen LogP contribution in [0.2, 0.25) is 5.02 Å². The number of carbonyl (C=O) groups is 1. The van der Waals surface area contributed by atoms with E-state index < -0.39 is 16.0 Å². The lowest BCUT2D eigenvalue weighted by Gasteiger charge is -2.06. The molecule has 0 fully saturated rings. The third kappa shape index (κ3) is 4.27. The molecule has 0 saturated carbocycles. The Hall–Kier alpha value is -0.630. The minimum Gasteiger partial charge on any atom is -0.481 e. The highest BCUT2D eigenvalue weighted by atomic mass is 79.9. The molecule has 0 aliphatic carbocycles. The van der Waals surface area contributed by atoms with Gasteiger partial charge in [0.1, 0.15) is 0 Å². The largest absolute Gasteiger partial charge is 0.481 e. The van der Waals surface area contributed by atoms with Crippen molar-refractivity contribution >= 4 is 43.5 Å². The molecule has 0 aliphatic heterocycles. The van der Waals surface area contributed by atoms with Crippen molar-refractivity contribution < 1.29 is 18.3 Å². The lowest BCUT2D eigenvalue weighted by molar-refractivity contribution is -0.136. The van der Waals surface area contributed by atoms with Crippen LogP contribution in [0.1, 0.15) is 6.42 Å². The summed E-state index contributed by atoms with van der Waals surface area (Å²) in [5, 5.41) is 8.80. The van der Waals surface area contributed by atoms with E-state index in [0.29, 0.717) is 9.50 Å². The van der Waals surface area contributed by atoms with Gasteiger partial charge in [0.15, 0.2) is 0 Å². The monoisotopic (exact) mass is 341 g/mol. The average Bonchev–Trinajstić information content (AvgIpc) is 2.21. The lowest BCUT2D eigenvalue weighted by atomic mass is 10.4. The summed E-state index contributed by atoms with van der Waals surface area (Å²) in [6, 6.07) is 4.14. The molecule has 94 valence electrons. The maximum absolute atomic E-state index is 11.7. The van der Waals surface area contributed by atoms with E-state index in [2.05, 4.69) is 20.7 Å². The molecule has 0 aliphatic rings. The first-order valence-electron chi connectivity index (χ1n) is 4.49. The summed E-state index contributed by atoms with van der Waals surface area (Å²) in [6.07, 6.45) is -0.270. The SMILES string of the molecule is O=C(O)CCNS(=O)(=O)c1ccc(Cl)c(Br)c1. The van der Waals surface area contributed by atoms with Gasteiger partial charge in [0.2, 0.25) is 10.0 Å². The summed E-state index contributed by atoms with van der Waals surface area (Å²) in [7, 11) is -3.70. The van der Waals surface area contributed by atoms with Crippen molar-refractivity contribution in [1.82, 2.24) is 4.72 Å². The van der Waals surface area contributed by atoms with Crippen LogP contribution in [-0.4, -0.2) is 26.0 Å². The Morgan fingerprint density at radius 1 is 1.47 bits per heavy atom. The van der Waals surface area contributed by atoms with Crippen LogP contribution in [0.4, 0.5) is 0 Å². The molecule has 0 aromatic heterocycles. The zero-order valence-electron chi connectivity index (χ0n) is 8.48. The topological polar surface area (TPSA) is 83.5 Å². The quantitative estimate of drug-likeness (QED) is 0.855. The molecular weight excluding hydrogens is 334 g/mol. The fourth-order valence-corrected chi connectivity index (χ4v) is 2.73. The molecule has 0 radical (unpaired) electrons. The van der Waals surface area contributed by atoms with Gasteiger partial charge in [0.05, 0.1) is 16.3 Å². The van der Waals surface area contributed by atoms with Crippen molar-refractivity contribution in [2.45, 2.75) is 11.3 Å². The zero-order valence-corrected chi connectivity index (χ0v) is 11.6. The van der Waals surface area contributed by atoms with Crippen molar-refractivity contribution in [2.24, 2.45) is 0 Å². The molecule has 1 aromatic rings. The van der Waals surface area contributed by atoms with Crippen LogP contribution < -0.4 is 4.72 Å². The third-order valence-electron chi connectivity index (χ3n) is 1.83. The molecule has 17 heavy (non-hydrogen) atoms. The van der Waals surface area contributed by atoms with Gasteiger partial charge in [-0.3, -0.25) is 4.79 Å². The molecule has 1 rings (SSSR count). The van der Waals surface area contributed by atoms with Crippen LogP contribution in [0.3, 0.4) is 0 Å². The molecule has 0 amide bonds. The van der Waals surface area contributed by atoms with Crippen LogP contribution in [0, 0.1) is 0 Å². The van der Waals surface area contributed by atoms with Crippen LogP contribution in [0.5, 0.6) is 0 Å². The number of hydrogen-bond acceptors (Lipinski definition) is 3. The smallest absolute Gasteiger partial charge is 0.304 e. The summed E-state index contributed by atoms with van der Waals surface area (Å²) in [5.74, 6) is -1.06. The molecule has 0 heterocycles. The second-order valence-electron chi connectivity index (χ2n) is 3.12. The standard InChI is InChI=1S/C9H9BrClNO4S/c10-7-5-6(1-2-8(7)11)17(15,16)12-4-3-9(13)14/h1-2,5,12H,3-4H2,(H,13,14). The van der Waals surface area contributed by atoms with Crippen molar-refractivity contribution in [3.05, 3.63) is 27.7 Å². The maximum Gasteiger partial charge on any atom is 0.304 e. The Morgan fingerprint density at radius 2 is 2.12 bits per heavy atom. The van der Waals surface area contributed by atoms with Gasteiger partial charge in [-0.1, -0.05) is 11.6 Å². The number of carboxylic acid groups (broad SMARTS) is 1. The van der Waals surface area contributed by atoms with E-state index >= 15 is 0 Å². The minimum atomic E-state index is -3.70. The van der Waals surface area contributed by atoms with E-state index in [-0.39, 0.29) is 17.9 Å². The molecule has 0 atom stereocenters. The van der Waals surface area contributed by atoms with Gasteiger partial charge < -0.3 is 5.11 Å². The Labute approximate surface area is 112 Å². The fourth-order valence-electron chi connectivity index (χ4n) is 1.02. The van der Waals surface area contributed by atoms with Crippen LogP contribution in [-0.2, 0) is 14.8 Å². The highest BCUT2D eigenvalue weighted by Gasteiger charge is 2.15. The van der Waals surface area contributed by atoms with Gasteiger partial charge >= 0.3 is 5.97 Å². The summed E-state index contributed by atoms with van der Waals surface area (Å²) in [4.78, 5) is 10.3. The lowest BCUT2D eigenvalue weighted by Crippen LogP contribution is -2.26. The number of carboxylic acids is 1. The molecule has 0 unspecified atom stereocenters. The maximum atomic E-state index is 11.7. The van der Waals surface area contributed by atoms with E-state index in [1.54, 1.807) is 0 Å². The highest BCUT2D eigenvalue weighted by Crippen LogP contribution is 2.25. The molecule has 8 heteroatoms. The van der Waals surface area contributed by atoms with Crippen LogP contribution in [0.25, 0.3) is 0 Å². The first-order chi connectivity index (χ1) is 7.83. The second-order valence-corrected chi connectivity index (χ2v) is 6.15. The van der Waals surface area contributed by atoms with Gasteiger partial charge in [0, 0.05) is 11.0 Å². The van der Waals surface area contributed by atoms with Crippen LogP contribution >= 0.6 is 27.5 Å². The normalized spacial score (nSPS) is 11.4. The second kappa shape index (κ2) is 5.81. The summed E-state index contributed by atoms with van der Waals surface area (Å²) in [5.41, 5.74) is 0. The Balaban J connectivity index is 2.82. The molecule has 1 aromatic carbocycles. The summed E-state index contributed by atoms with van der Waals surface area (Å²) in [6.45, 7) is -0.155. The highest BCUT2D eigenvalue weighted by molar-refractivity contribution is 9.10. The summed E-state index contributed by atoms with van der Waals surface area (Å²) >= 11 is 8.85. The predicted octanol–water partition coefficient (Wildman–Crippen LogP) is 1.86. The number of halogens is 2. The first kappa shape index (κ1) is 14.4. The van der Waals surface area contributed by atoms with Gasteiger partial charge in [-0.05, 0) is 34.1 Å². The van der Waals surface area contributed by atoms with Crippen molar-refractivity contribution in [3.8, 4) is 0 Å². The molecule has 0 saturated heterocycles. The van der Waals surface area contributed by atoms with Gasteiger partial charge in [-0.25, -0.2) is 13.1 Å². The fraction of sp³-hybridized carbons (Fsp3) is 0.222. The number of benzene rings is 1. The van der Waals surface area contributed by atoms with E-state index in [9.17, 15) is 13.2 Å². The van der Waals surface area contributed by atoms with Crippen molar-refractivity contribution in [1.29, 1.82) is 0 Å². The summed E-state index contributed by atoms with van der Waals surface area (Å²) < 4.78 is 26.1. The Morgan fingerprint density at radius 3 is 2.65 bits per heavy atom. The van der Waals surface area contributed by atoms with E-state index in [1.807, 2.05) is 0 Å². The zero-order chi connectivity index (χ0) is 13.1. The van der Waals surface area contributed by atoms with E-state index in [1.165, 1.54) is 18.2 Å². The van der Waals surface area contributed by atoms with Gasteiger partial charge in [-0.15, -0.1) is 0 Å². The van der Waals surface area contributed by atoms with Crippen molar-refractivity contribution in [3.63, 3.8) is 0 Å². The molecular formula is C9H9BrClNO4S. The Bertz CT molecular complexity index is 532. The van der Waals surface area contributed by atoms with Crippen LogP contribution in [0.15, 0.2) is 27.6 Å². The third-order valence-corrected chi connectivity index (χ3v) is 4.50. The molecule has 2 N–H and O–H groups in total. The molecule has 0 spiro atoms. The Kier molecular flexibility index (Phi) is 4.93. The van der Waals surface area contributed by atoms with E-state index in [0.717, 1.165) is 0 Å². The van der Waals surface area contributed by atoms with E-state index in [4.69, 9.17) is 16.7 Å². The molecule has 0 bridgehead atoms. The molecule has 5 nitrogen and oxygen atoms in total. The number of hydrogen-bond donors (Lipinski definition) is 2. The van der Waals surface area contributed by atoms with Gasteiger partial charge in [-0.2, -0.15) is 0 Å². The minimum absolute atomic E-state index is 0.0270. The number of rotatable bonds is 5. The van der Waals surface area contributed by atoms with Crippen molar-refractivity contribution in [2.75, 3.05) is 6.54 Å². The van der Waals surface area contributed by atoms with Gasteiger partial charge in [0.25, 0.3) is 0 Å².